The van der Waals surface area contributed by atoms with E-state index in [1.54, 1.807) is 0 Å². The first-order valence-corrected chi connectivity index (χ1v) is 18.5. The smallest absolute Gasteiger partial charge is 0.143 e. The van der Waals surface area contributed by atoms with Crippen molar-refractivity contribution in [3.63, 3.8) is 0 Å². The summed E-state index contributed by atoms with van der Waals surface area (Å²) in [6.07, 6.45) is 0. The summed E-state index contributed by atoms with van der Waals surface area (Å²) in [4.78, 5) is 2.38. The second-order valence-corrected chi connectivity index (χ2v) is 14.1. The van der Waals surface area contributed by atoms with Crippen LogP contribution in [0.25, 0.3) is 87.3 Å². The number of para-hydroxylation sites is 1. The maximum atomic E-state index is 6.40. The minimum absolute atomic E-state index is 0.915. The molecule has 0 amide bonds. The van der Waals surface area contributed by atoms with Gasteiger partial charge in [0.15, 0.2) is 0 Å². The van der Waals surface area contributed by atoms with E-state index >= 15 is 0 Å². The molecule has 0 atom stereocenters. The third-order valence-corrected chi connectivity index (χ3v) is 11.0. The molecule has 11 rings (SSSR count). The Balaban J connectivity index is 0.995. The van der Waals surface area contributed by atoms with Crippen molar-refractivity contribution in [2.24, 2.45) is 0 Å². The van der Waals surface area contributed by atoms with E-state index in [1.165, 1.54) is 54.6 Å². The first kappa shape index (κ1) is 30.5. The highest BCUT2D eigenvalue weighted by molar-refractivity contribution is 6.16. The quantitative estimate of drug-likeness (QED) is 0.168. The van der Waals surface area contributed by atoms with Crippen LogP contribution in [-0.2, 0) is 0 Å². The Hall–Kier alpha value is -7.16. The SMILES string of the molecule is c1ccc2c(N(c3ccc(-c4ccc(-c5cc6ccccc6c6ccccc56)cc4)cc3)c3ccc4c(ccc5c6ccccc6oc45)c3)cccc2c1. The Bertz CT molecular complexity index is 3200. The Morgan fingerprint density at radius 1 is 0.315 bits per heavy atom. The van der Waals surface area contributed by atoms with Crippen LogP contribution in [0.4, 0.5) is 17.1 Å². The molecule has 0 N–H and O–H groups in total. The van der Waals surface area contributed by atoms with Gasteiger partial charge in [-0.1, -0.05) is 146 Å². The van der Waals surface area contributed by atoms with Crippen molar-refractivity contribution in [3.05, 3.63) is 200 Å². The second-order valence-electron chi connectivity index (χ2n) is 14.1. The van der Waals surface area contributed by atoms with E-state index in [1.807, 2.05) is 12.1 Å². The van der Waals surface area contributed by atoms with Crippen molar-refractivity contribution in [1.82, 2.24) is 0 Å². The molecule has 0 aliphatic rings. The number of hydrogen-bond acceptors (Lipinski definition) is 2. The third kappa shape index (κ3) is 4.88. The lowest BCUT2D eigenvalue weighted by Crippen LogP contribution is -2.10. The average molecular weight is 688 g/mol. The largest absolute Gasteiger partial charge is 0.455 e. The van der Waals surface area contributed by atoms with Gasteiger partial charge in [0.25, 0.3) is 0 Å². The molecular weight excluding hydrogens is 655 g/mol. The topological polar surface area (TPSA) is 16.4 Å². The molecule has 2 heteroatoms. The van der Waals surface area contributed by atoms with Gasteiger partial charge in [0.2, 0.25) is 0 Å². The van der Waals surface area contributed by atoms with E-state index in [9.17, 15) is 0 Å². The maximum Gasteiger partial charge on any atom is 0.143 e. The van der Waals surface area contributed by atoms with Gasteiger partial charge in [0.1, 0.15) is 11.2 Å². The first-order chi connectivity index (χ1) is 26.8. The molecule has 0 unspecified atom stereocenters. The summed E-state index contributed by atoms with van der Waals surface area (Å²) in [6.45, 7) is 0. The average Bonchev–Trinajstić information content (AvgIpc) is 3.63. The molecule has 10 aromatic carbocycles. The van der Waals surface area contributed by atoms with E-state index in [2.05, 4.69) is 193 Å². The fourth-order valence-corrected chi connectivity index (χ4v) is 8.41. The zero-order valence-corrected chi connectivity index (χ0v) is 29.4. The fraction of sp³-hybridized carbons (Fsp3) is 0. The fourth-order valence-electron chi connectivity index (χ4n) is 8.41. The van der Waals surface area contributed by atoms with Crippen LogP contribution in [0.1, 0.15) is 0 Å². The highest BCUT2D eigenvalue weighted by atomic mass is 16.3. The van der Waals surface area contributed by atoms with Crippen molar-refractivity contribution < 1.29 is 4.42 Å². The second kappa shape index (κ2) is 12.2. The van der Waals surface area contributed by atoms with Crippen LogP contribution >= 0.6 is 0 Å². The van der Waals surface area contributed by atoms with E-state index < -0.39 is 0 Å². The predicted octanol–water partition coefficient (Wildman–Crippen LogP) is 15.0. The van der Waals surface area contributed by atoms with Crippen molar-refractivity contribution in [3.8, 4) is 22.3 Å². The van der Waals surface area contributed by atoms with Crippen LogP contribution < -0.4 is 4.90 Å². The van der Waals surface area contributed by atoms with Crippen LogP contribution in [0.2, 0.25) is 0 Å². The molecule has 0 spiro atoms. The van der Waals surface area contributed by atoms with E-state index in [-0.39, 0.29) is 0 Å². The van der Waals surface area contributed by atoms with Gasteiger partial charge in [-0.15, -0.1) is 0 Å². The van der Waals surface area contributed by atoms with Crippen molar-refractivity contribution in [2.75, 3.05) is 4.90 Å². The van der Waals surface area contributed by atoms with Gasteiger partial charge in [-0.25, -0.2) is 0 Å². The molecule has 0 bridgehead atoms. The molecular formula is C52H33NO. The van der Waals surface area contributed by atoms with Gasteiger partial charge in [-0.2, -0.15) is 0 Å². The minimum Gasteiger partial charge on any atom is -0.455 e. The van der Waals surface area contributed by atoms with E-state index in [0.29, 0.717) is 0 Å². The summed E-state index contributed by atoms with van der Waals surface area (Å²) < 4.78 is 6.40. The molecule has 0 aliphatic carbocycles. The number of anilines is 3. The number of nitrogens with zero attached hydrogens (tertiary/aromatic N) is 1. The number of rotatable bonds is 5. The van der Waals surface area contributed by atoms with Crippen LogP contribution in [0.15, 0.2) is 205 Å². The van der Waals surface area contributed by atoms with Crippen LogP contribution in [0.5, 0.6) is 0 Å². The van der Waals surface area contributed by atoms with Crippen LogP contribution in [0.3, 0.4) is 0 Å². The Kier molecular flexibility index (Phi) is 6.90. The standard InChI is InChI=1S/C52H33NO/c1-4-14-43-36(10-1)12-9-18-50(43)53(41-29-31-44-39(32-41)26-30-48-47-17-7-8-19-51(47)54-52(44)48)40-27-24-35(25-28-40)34-20-22-37(23-21-34)49-33-38-11-2-3-13-42(38)45-15-5-6-16-46(45)49/h1-33H. The van der Waals surface area contributed by atoms with Crippen LogP contribution in [0, 0.1) is 0 Å². The molecule has 0 saturated heterocycles. The number of hydrogen-bond donors (Lipinski definition) is 0. The summed E-state index contributed by atoms with van der Waals surface area (Å²) in [6, 6.07) is 72.3. The van der Waals surface area contributed by atoms with Gasteiger partial charge in [0, 0.05) is 32.9 Å². The number of furan rings is 1. The molecule has 2 nitrogen and oxygen atoms in total. The Morgan fingerprint density at radius 3 is 1.70 bits per heavy atom. The third-order valence-electron chi connectivity index (χ3n) is 11.0. The monoisotopic (exact) mass is 687 g/mol. The zero-order valence-electron chi connectivity index (χ0n) is 29.4. The zero-order chi connectivity index (χ0) is 35.6. The lowest BCUT2D eigenvalue weighted by atomic mass is 9.92. The van der Waals surface area contributed by atoms with Crippen molar-refractivity contribution in [2.45, 2.75) is 0 Å². The molecule has 252 valence electrons. The van der Waals surface area contributed by atoms with Crippen molar-refractivity contribution >= 4 is 82.1 Å². The molecule has 11 aromatic rings. The summed E-state index contributed by atoms with van der Waals surface area (Å²) in [7, 11) is 0. The van der Waals surface area contributed by atoms with E-state index in [4.69, 9.17) is 4.42 Å². The van der Waals surface area contributed by atoms with Gasteiger partial charge in [-0.05, 0) is 109 Å². The Labute approximate surface area is 312 Å². The summed E-state index contributed by atoms with van der Waals surface area (Å²) in [5.74, 6) is 0. The molecule has 1 aromatic heterocycles. The molecule has 0 aliphatic heterocycles. The van der Waals surface area contributed by atoms with Crippen LogP contribution in [-0.4, -0.2) is 0 Å². The lowest BCUT2D eigenvalue weighted by molar-refractivity contribution is 0.672. The molecule has 1 heterocycles. The van der Waals surface area contributed by atoms with Gasteiger partial charge < -0.3 is 9.32 Å². The van der Waals surface area contributed by atoms with Crippen molar-refractivity contribution in [1.29, 1.82) is 0 Å². The van der Waals surface area contributed by atoms with Gasteiger partial charge >= 0.3 is 0 Å². The molecule has 0 fully saturated rings. The predicted molar refractivity (Wildman–Crippen MR) is 229 cm³/mol. The number of benzene rings is 10. The number of fused-ring (bicyclic) bond motifs is 9. The lowest BCUT2D eigenvalue weighted by Gasteiger charge is -2.27. The summed E-state index contributed by atoms with van der Waals surface area (Å²) in [5, 5.41) is 12.1. The summed E-state index contributed by atoms with van der Waals surface area (Å²) >= 11 is 0. The minimum atomic E-state index is 0.915. The highest BCUT2D eigenvalue weighted by Gasteiger charge is 2.18. The molecule has 0 saturated carbocycles. The Morgan fingerprint density at radius 2 is 0.889 bits per heavy atom. The summed E-state index contributed by atoms with van der Waals surface area (Å²) in [5.41, 5.74) is 10.0. The van der Waals surface area contributed by atoms with Gasteiger partial charge in [0.05, 0.1) is 5.69 Å². The highest BCUT2D eigenvalue weighted by Crippen LogP contribution is 2.42. The first-order valence-electron chi connectivity index (χ1n) is 18.5. The normalized spacial score (nSPS) is 11.7. The maximum absolute atomic E-state index is 6.40. The van der Waals surface area contributed by atoms with E-state index in [0.717, 1.165) is 49.8 Å². The molecule has 0 radical (unpaired) electrons. The van der Waals surface area contributed by atoms with Gasteiger partial charge in [-0.3, -0.25) is 0 Å². The molecule has 54 heavy (non-hydrogen) atoms.